The van der Waals surface area contributed by atoms with Crippen molar-refractivity contribution in [2.75, 3.05) is 32.7 Å². The first-order chi connectivity index (χ1) is 9.72. The molecule has 1 aliphatic heterocycles. The third-order valence-electron chi connectivity index (χ3n) is 3.98. The molecule has 23 heavy (non-hydrogen) atoms. The van der Waals surface area contributed by atoms with Gasteiger partial charge in [-0.05, 0) is 31.5 Å². The van der Waals surface area contributed by atoms with Crippen LogP contribution in [0.5, 0.6) is 0 Å². The largest absolute Gasteiger partial charge is 0.340 e. The van der Waals surface area contributed by atoms with E-state index in [2.05, 4.69) is 22.9 Å². The number of rotatable bonds is 5. The molecule has 0 aromatic carbocycles. The van der Waals surface area contributed by atoms with Crippen molar-refractivity contribution in [3.05, 3.63) is 30.1 Å². The molecule has 1 aromatic heterocycles. The summed E-state index contributed by atoms with van der Waals surface area (Å²) in [5.74, 6) is 0.240. The monoisotopic (exact) mass is 384 g/mol. The second-order valence-corrected chi connectivity index (χ2v) is 5.27. The van der Waals surface area contributed by atoms with Gasteiger partial charge in [0.25, 0.3) is 0 Å². The minimum Gasteiger partial charge on any atom is -0.340 e. The maximum Gasteiger partial charge on any atom is 0.222 e. The Morgan fingerprint density at radius 2 is 1.91 bits per heavy atom. The van der Waals surface area contributed by atoms with E-state index in [4.69, 9.17) is 5.73 Å². The van der Waals surface area contributed by atoms with Crippen molar-refractivity contribution in [1.29, 1.82) is 0 Å². The number of piperazine rings is 1. The molecule has 1 fully saturated rings. The fraction of sp³-hybridized carbons (Fsp3) is 0.600. The Labute approximate surface area is 157 Å². The minimum absolute atomic E-state index is 0. The fourth-order valence-electron chi connectivity index (χ4n) is 2.60. The summed E-state index contributed by atoms with van der Waals surface area (Å²) in [5, 5.41) is 0. The third kappa shape index (κ3) is 7.23. The summed E-state index contributed by atoms with van der Waals surface area (Å²) in [6, 6.07) is 4.43. The first-order valence-corrected chi connectivity index (χ1v) is 7.34. The predicted octanol–water partition coefficient (Wildman–Crippen LogP) is 2.29. The Hall–Kier alpha value is -0.590. The number of amides is 1. The van der Waals surface area contributed by atoms with Crippen LogP contribution in [0.1, 0.15) is 31.4 Å². The molecular weight excluding hydrogens is 359 g/mol. The first kappa shape index (κ1) is 24.7. The molecule has 2 N–H and O–H groups in total. The Morgan fingerprint density at radius 1 is 1.26 bits per heavy atom. The summed E-state index contributed by atoms with van der Waals surface area (Å²) >= 11 is 0. The van der Waals surface area contributed by atoms with E-state index in [0.717, 1.165) is 32.6 Å². The lowest BCUT2D eigenvalue weighted by atomic mass is 10.1. The molecule has 8 heteroatoms. The van der Waals surface area contributed by atoms with E-state index in [1.54, 1.807) is 6.20 Å². The van der Waals surface area contributed by atoms with Crippen LogP contribution in [0.15, 0.2) is 24.5 Å². The van der Waals surface area contributed by atoms with Crippen LogP contribution in [0.2, 0.25) is 0 Å². The molecule has 134 valence electrons. The highest BCUT2D eigenvalue weighted by molar-refractivity contribution is 5.86. The lowest BCUT2D eigenvalue weighted by Crippen LogP contribution is -2.49. The number of pyridine rings is 1. The van der Waals surface area contributed by atoms with E-state index in [-0.39, 0.29) is 43.1 Å². The van der Waals surface area contributed by atoms with Crippen molar-refractivity contribution < 1.29 is 4.79 Å². The second-order valence-electron chi connectivity index (χ2n) is 5.27. The Bertz CT molecular complexity index is 428. The van der Waals surface area contributed by atoms with Crippen LogP contribution >= 0.6 is 37.2 Å². The Kier molecular flexibility index (Phi) is 13.7. The minimum atomic E-state index is 0. The molecule has 2 heterocycles. The first-order valence-electron chi connectivity index (χ1n) is 7.34. The van der Waals surface area contributed by atoms with Gasteiger partial charge in [0.05, 0.1) is 0 Å². The van der Waals surface area contributed by atoms with Gasteiger partial charge in [-0.15, -0.1) is 37.2 Å². The molecule has 1 amide bonds. The topological polar surface area (TPSA) is 62.5 Å². The lowest BCUT2D eigenvalue weighted by Gasteiger charge is -2.38. The van der Waals surface area contributed by atoms with E-state index >= 15 is 0 Å². The van der Waals surface area contributed by atoms with E-state index in [9.17, 15) is 4.79 Å². The van der Waals surface area contributed by atoms with E-state index < -0.39 is 0 Å². The summed E-state index contributed by atoms with van der Waals surface area (Å²) in [6.07, 6.45) is 5.08. The van der Waals surface area contributed by atoms with Crippen molar-refractivity contribution in [2.45, 2.75) is 25.8 Å². The van der Waals surface area contributed by atoms with Crippen LogP contribution in [0.25, 0.3) is 0 Å². The van der Waals surface area contributed by atoms with Gasteiger partial charge in [0.1, 0.15) is 0 Å². The Balaban J connectivity index is 0. The molecule has 5 nitrogen and oxygen atoms in total. The van der Waals surface area contributed by atoms with Gasteiger partial charge in [-0.2, -0.15) is 0 Å². The summed E-state index contributed by atoms with van der Waals surface area (Å²) in [5.41, 5.74) is 6.68. The lowest BCUT2D eigenvalue weighted by molar-refractivity contribution is -0.133. The van der Waals surface area contributed by atoms with Crippen LogP contribution < -0.4 is 5.73 Å². The van der Waals surface area contributed by atoms with Crippen LogP contribution in [0.4, 0.5) is 0 Å². The average Bonchev–Trinajstić information content (AvgIpc) is 2.53. The number of hydrogen-bond acceptors (Lipinski definition) is 4. The zero-order valence-electron chi connectivity index (χ0n) is 13.4. The van der Waals surface area contributed by atoms with Gasteiger partial charge >= 0.3 is 0 Å². The molecule has 2 rings (SSSR count). The standard InChI is InChI=1S/C15H24N4O.3ClH/c1-13(14-4-3-7-17-12-14)18-8-10-19(11-9-18)15(20)5-2-6-16;;;/h3-4,7,12-13H,2,5-6,8-11,16H2,1H3;3*1H. The van der Waals surface area contributed by atoms with Gasteiger partial charge in [-0.3, -0.25) is 14.7 Å². The summed E-state index contributed by atoms with van der Waals surface area (Å²) in [6.45, 7) is 6.25. The quantitative estimate of drug-likeness (QED) is 0.844. The van der Waals surface area contributed by atoms with Crippen molar-refractivity contribution in [2.24, 2.45) is 5.73 Å². The Morgan fingerprint density at radius 3 is 2.43 bits per heavy atom. The van der Waals surface area contributed by atoms with Gasteiger partial charge in [0.2, 0.25) is 5.91 Å². The fourth-order valence-corrected chi connectivity index (χ4v) is 2.60. The van der Waals surface area contributed by atoms with Crippen LogP contribution in [-0.4, -0.2) is 53.4 Å². The SMILES string of the molecule is CC(c1cccnc1)N1CCN(C(=O)CCCN)CC1.Cl.Cl.Cl. The molecule has 0 radical (unpaired) electrons. The predicted molar refractivity (Wildman–Crippen MR) is 101 cm³/mol. The molecule has 1 atom stereocenters. The highest BCUT2D eigenvalue weighted by Gasteiger charge is 2.24. The van der Waals surface area contributed by atoms with Gasteiger partial charge in [-0.25, -0.2) is 0 Å². The van der Waals surface area contributed by atoms with Crippen molar-refractivity contribution in [3.63, 3.8) is 0 Å². The normalized spacial score (nSPS) is 15.7. The molecule has 0 aliphatic carbocycles. The number of hydrogen-bond donors (Lipinski definition) is 1. The van der Waals surface area contributed by atoms with Gasteiger partial charge in [-0.1, -0.05) is 6.07 Å². The maximum absolute atomic E-state index is 11.9. The molecule has 0 spiro atoms. The third-order valence-corrected chi connectivity index (χ3v) is 3.98. The molecule has 0 bridgehead atoms. The molecule has 1 aliphatic rings. The van der Waals surface area contributed by atoms with E-state index in [1.165, 1.54) is 5.56 Å². The van der Waals surface area contributed by atoms with Gasteiger partial charge < -0.3 is 10.6 Å². The van der Waals surface area contributed by atoms with E-state index in [0.29, 0.717) is 19.0 Å². The number of carbonyl (C=O) groups is 1. The second kappa shape index (κ2) is 12.8. The number of nitrogens with two attached hydrogens (primary N) is 1. The number of nitrogens with zero attached hydrogens (tertiary/aromatic N) is 3. The zero-order chi connectivity index (χ0) is 14.4. The van der Waals surface area contributed by atoms with Gasteiger partial charge in [0, 0.05) is 51.0 Å². The molecule has 1 aromatic rings. The number of halogens is 3. The van der Waals surface area contributed by atoms with Crippen molar-refractivity contribution in [3.8, 4) is 0 Å². The number of aromatic nitrogens is 1. The highest BCUT2D eigenvalue weighted by atomic mass is 35.5. The molecule has 0 saturated carbocycles. The zero-order valence-corrected chi connectivity index (χ0v) is 15.8. The van der Waals surface area contributed by atoms with Crippen molar-refractivity contribution >= 4 is 43.1 Å². The summed E-state index contributed by atoms with van der Waals surface area (Å²) in [4.78, 5) is 20.5. The highest BCUT2D eigenvalue weighted by Crippen LogP contribution is 2.20. The molecule has 1 unspecified atom stereocenters. The summed E-state index contributed by atoms with van der Waals surface area (Å²) < 4.78 is 0. The van der Waals surface area contributed by atoms with Crippen LogP contribution in [-0.2, 0) is 4.79 Å². The maximum atomic E-state index is 11.9. The summed E-state index contributed by atoms with van der Waals surface area (Å²) in [7, 11) is 0. The molecule has 1 saturated heterocycles. The average molecular weight is 386 g/mol. The molecular formula is C15H27Cl3N4O. The van der Waals surface area contributed by atoms with Crippen LogP contribution in [0, 0.1) is 0 Å². The van der Waals surface area contributed by atoms with E-state index in [1.807, 2.05) is 17.2 Å². The van der Waals surface area contributed by atoms with Crippen molar-refractivity contribution in [1.82, 2.24) is 14.8 Å². The van der Waals surface area contributed by atoms with Crippen LogP contribution in [0.3, 0.4) is 0 Å². The van der Waals surface area contributed by atoms with Gasteiger partial charge in [0.15, 0.2) is 0 Å². The smallest absolute Gasteiger partial charge is 0.222 e. The number of carbonyl (C=O) groups excluding carboxylic acids is 1.